The molecular weight excluding hydrogens is 967 g/mol. The van der Waals surface area contributed by atoms with Gasteiger partial charge < -0.3 is 29.0 Å². The van der Waals surface area contributed by atoms with Crippen LogP contribution in [-0.4, -0.2) is 93.9 Å². The molecule has 2 aromatic carbocycles. The summed E-state index contributed by atoms with van der Waals surface area (Å²) < 4.78 is 110. The zero-order valence-electron chi connectivity index (χ0n) is 42.9. The summed E-state index contributed by atoms with van der Waals surface area (Å²) >= 11 is 0. The summed E-state index contributed by atoms with van der Waals surface area (Å²) in [5.41, 5.74) is 0.788. The molecule has 1 amide bonds. The lowest BCUT2D eigenvalue weighted by molar-refractivity contribution is -0.355. The van der Waals surface area contributed by atoms with Crippen molar-refractivity contribution < 1.29 is 67.6 Å². The van der Waals surface area contributed by atoms with E-state index in [0.29, 0.717) is 18.4 Å². The third-order valence-electron chi connectivity index (χ3n) is 13.1. The van der Waals surface area contributed by atoms with E-state index < -0.39 is 82.5 Å². The first-order valence-electron chi connectivity index (χ1n) is 26.9. The molecular formula is C54H85NO15S2. The van der Waals surface area contributed by atoms with Crippen molar-refractivity contribution >= 4 is 32.7 Å². The average molecular weight is 1050 g/mol. The third-order valence-corrected chi connectivity index (χ3v) is 14.0. The molecule has 2 saturated heterocycles. The SMILES string of the molecule is CCCCCCCCCCCCC/C=C/C(OC(=O)c1ccccc1)C(CO[C@@H]1O[C@@H]2COC(c3ccccc3)O[C@@H]2[C@H](OS(=O)(=O)O)[C@H]1OS(=O)(=O)O)NC(=O)CCCCCCCCCCCCCCC. The van der Waals surface area contributed by atoms with E-state index in [4.69, 9.17) is 32.1 Å². The third kappa shape index (κ3) is 25.3. The molecule has 8 atom stereocenters. The number of rotatable bonds is 39. The van der Waals surface area contributed by atoms with Crippen molar-refractivity contribution in [3.05, 3.63) is 83.9 Å². The second-order valence-electron chi connectivity index (χ2n) is 19.2. The standard InChI is InChI=1S/C54H85NO15S2/c1-3-5-7-9-11-13-15-17-19-21-23-25-33-39-46(66-52(57)43-35-29-27-30-36-43)45(55-48(56)40-34-26-24-22-20-18-16-14-12-10-8-6-4-2)41-64-54-51(70-72(61,62)63)50(69-71(58,59)60)49-47(67-54)42-65-53(68-49)44-37-31-28-32-38-44/h27-33,35-39,45-47,49-51,53-54H,3-26,34,40-42H2,1-2H3,(H,55,56)(H,58,59,60)(H,61,62,63)/b39-33+/t45?,46?,47-,49+,50+,51-,53?,54-/m1/s1. The number of unbranched alkanes of at least 4 members (excludes halogenated alkanes) is 23. The van der Waals surface area contributed by atoms with E-state index in [1.807, 2.05) is 6.08 Å². The van der Waals surface area contributed by atoms with Crippen LogP contribution in [0.5, 0.6) is 0 Å². The molecule has 2 fully saturated rings. The minimum absolute atomic E-state index is 0.162. The Morgan fingerprint density at radius 1 is 0.653 bits per heavy atom. The molecule has 4 rings (SSSR count). The minimum Gasteiger partial charge on any atom is -0.452 e. The van der Waals surface area contributed by atoms with Crippen LogP contribution in [0.2, 0.25) is 0 Å². The zero-order valence-corrected chi connectivity index (χ0v) is 44.5. The van der Waals surface area contributed by atoms with Gasteiger partial charge in [-0.1, -0.05) is 210 Å². The fraction of sp³-hybridized carbons (Fsp3) is 0.704. The van der Waals surface area contributed by atoms with Crippen LogP contribution in [0.4, 0.5) is 0 Å². The van der Waals surface area contributed by atoms with Gasteiger partial charge in [-0.3, -0.25) is 13.9 Å². The first kappa shape index (κ1) is 61.2. The topological polar surface area (TPSA) is 220 Å². The van der Waals surface area contributed by atoms with E-state index in [-0.39, 0.29) is 24.5 Å². The van der Waals surface area contributed by atoms with Crippen molar-refractivity contribution in [3.8, 4) is 0 Å². The van der Waals surface area contributed by atoms with Crippen molar-refractivity contribution in [3.63, 3.8) is 0 Å². The Morgan fingerprint density at radius 2 is 1.14 bits per heavy atom. The zero-order chi connectivity index (χ0) is 51.9. The van der Waals surface area contributed by atoms with Crippen LogP contribution in [0.25, 0.3) is 0 Å². The van der Waals surface area contributed by atoms with E-state index in [1.165, 1.54) is 96.3 Å². The van der Waals surface area contributed by atoms with Crippen LogP contribution in [-0.2, 0) is 57.6 Å². The number of carbonyl (C=O) groups excluding carboxylic acids is 2. The molecule has 18 heteroatoms. The van der Waals surface area contributed by atoms with Gasteiger partial charge in [-0.2, -0.15) is 16.8 Å². The maximum atomic E-state index is 13.8. The summed E-state index contributed by atoms with van der Waals surface area (Å²) in [6, 6.07) is 15.8. The van der Waals surface area contributed by atoms with Gasteiger partial charge in [0.05, 0.1) is 24.8 Å². The summed E-state index contributed by atoms with van der Waals surface area (Å²) in [4.78, 5) is 27.5. The van der Waals surface area contributed by atoms with Crippen LogP contribution in [0.3, 0.4) is 0 Å². The Balaban J connectivity index is 1.50. The number of ether oxygens (including phenoxy) is 5. The predicted octanol–water partition coefficient (Wildman–Crippen LogP) is 11.7. The second-order valence-corrected chi connectivity index (χ2v) is 21.3. The normalized spacial score (nSPS) is 21.3. The van der Waals surface area contributed by atoms with E-state index >= 15 is 0 Å². The number of benzene rings is 2. The highest BCUT2D eigenvalue weighted by Crippen LogP contribution is 2.38. The van der Waals surface area contributed by atoms with Crippen LogP contribution >= 0.6 is 0 Å². The molecule has 3 N–H and O–H groups in total. The smallest absolute Gasteiger partial charge is 0.397 e. The molecule has 0 saturated carbocycles. The maximum Gasteiger partial charge on any atom is 0.397 e. The molecule has 2 aliphatic rings. The largest absolute Gasteiger partial charge is 0.452 e. The fourth-order valence-corrected chi connectivity index (χ4v) is 10.1. The molecule has 72 heavy (non-hydrogen) atoms. The number of esters is 1. The first-order valence-corrected chi connectivity index (χ1v) is 29.6. The van der Waals surface area contributed by atoms with Gasteiger partial charge in [-0.25, -0.2) is 13.2 Å². The van der Waals surface area contributed by atoms with Crippen molar-refractivity contribution in [2.24, 2.45) is 0 Å². The van der Waals surface area contributed by atoms with E-state index in [2.05, 4.69) is 19.2 Å². The van der Waals surface area contributed by atoms with Gasteiger partial charge in [0.2, 0.25) is 5.91 Å². The van der Waals surface area contributed by atoms with E-state index in [1.54, 1.807) is 66.7 Å². The fourth-order valence-electron chi connectivity index (χ4n) is 9.13. The highest BCUT2D eigenvalue weighted by molar-refractivity contribution is 7.81. The first-order chi connectivity index (χ1) is 34.8. The van der Waals surface area contributed by atoms with Gasteiger partial charge in [0.1, 0.15) is 24.4 Å². The lowest BCUT2D eigenvalue weighted by Gasteiger charge is -2.47. The number of allylic oxidation sites excluding steroid dienone is 1. The Morgan fingerprint density at radius 3 is 1.67 bits per heavy atom. The molecule has 0 radical (unpaired) electrons. The Bertz CT molecular complexity index is 2030. The number of amides is 1. The minimum atomic E-state index is -5.38. The average Bonchev–Trinajstić information content (AvgIpc) is 3.35. The lowest BCUT2D eigenvalue weighted by atomic mass is 9.98. The quantitative estimate of drug-likeness (QED) is 0.0245. The summed E-state index contributed by atoms with van der Waals surface area (Å²) in [6.45, 7) is 3.69. The predicted molar refractivity (Wildman–Crippen MR) is 276 cm³/mol. The summed E-state index contributed by atoms with van der Waals surface area (Å²) in [5.74, 6) is -1.03. The molecule has 0 aromatic heterocycles. The highest BCUT2D eigenvalue weighted by atomic mass is 32.3. The summed E-state index contributed by atoms with van der Waals surface area (Å²) in [6.07, 6.45) is 21.4. The van der Waals surface area contributed by atoms with E-state index in [9.17, 15) is 35.5 Å². The van der Waals surface area contributed by atoms with Crippen molar-refractivity contribution in [1.29, 1.82) is 0 Å². The number of hydrogen-bond acceptors (Lipinski definition) is 13. The molecule has 0 bridgehead atoms. The molecule has 2 heterocycles. The Kier molecular flexibility index (Phi) is 29.8. The van der Waals surface area contributed by atoms with Crippen molar-refractivity contribution in [1.82, 2.24) is 5.32 Å². The highest BCUT2D eigenvalue weighted by Gasteiger charge is 2.55. The van der Waals surface area contributed by atoms with Gasteiger partial charge >= 0.3 is 26.8 Å². The molecule has 3 unspecified atom stereocenters. The number of hydrogen-bond donors (Lipinski definition) is 3. The number of carbonyl (C=O) groups is 2. The van der Waals surface area contributed by atoms with E-state index in [0.717, 1.165) is 51.4 Å². The lowest BCUT2D eigenvalue weighted by Crippen LogP contribution is -2.64. The molecule has 2 aliphatic heterocycles. The van der Waals surface area contributed by atoms with Crippen LogP contribution in [0.15, 0.2) is 72.8 Å². The monoisotopic (exact) mass is 1050 g/mol. The molecule has 16 nitrogen and oxygen atoms in total. The molecule has 0 aliphatic carbocycles. The van der Waals surface area contributed by atoms with Gasteiger partial charge in [-0.05, 0) is 37.5 Å². The number of fused-ring (bicyclic) bond motifs is 1. The van der Waals surface area contributed by atoms with Gasteiger partial charge in [0.25, 0.3) is 0 Å². The van der Waals surface area contributed by atoms with Crippen LogP contribution in [0.1, 0.15) is 203 Å². The van der Waals surface area contributed by atoms with Gasteiger partial charge in [0.15, 0.2) is 18.7 Å². The molecule has 0 spiro atoms. The van der Waals surface area contributed by atoms with Gasteiger partial charge in [0, 0.05) is 12.0 Å². The van der Waals surface area contributed by atoms with Gasteiger partial charge in [-0.15, -0.1) is 0 Å². The summed E-state index contributed by atoms with van der Waals surface area (Å²) in [5, 5.41) is 2.97. The maximum absolute atomic E-state index is 13.8. The second kappa shape index (κ2) is 35.0. The Labute approximate surface area is 430 Å². The summed E-state index contributed by atoms with van der Waals surface area (Å²) in [7, 11) is -10.7. The van der Waals surface area contributed by atoms with Crippen LogP contribution < -0.4 is 5.32 Å². The molecule has 408 valence electrons. The van der Waals surface area contributed by atoms with Crippen molar-refractivity contribution in [2.75, 3.05) is 13.2 Å². The molecule has 2 aromatic rings. The Hall–Kier alpha value is -3.30. The van der Waals surface area contributed by atoms with Crippen molar-refractivity contribution in [2.45, 2.75) is 230 Å². The number of nitrogens with one attached hydrogen (secondary N) is 1. The van der Waals surface area contributed by atoms with Crippen LogP contribution in [0, 0.1) is 0 Å².